The first kappa shape index (κ1) is 11.7. The Labute approximate surface area is 111 Å². The molecule has 0 saturated carbocycles. The summed E-state index contributed by atoms with van der Waals surface area (Å²) in [5.74, 6) is 0. The molecule has 0 bridgehead atoms. The number of pyridine rings is 1. The van der Waals surface area contributed by atoms with Crippen molar-refractivity contribution >= 4 is 10.9 Å². The Morgan fingerprint density at radius 1 is 0.895 bits per heavy atom. The van der Waals surface area contributed by atoms with Crippen molar-refractivity contribution in [2.75, 3.05) is 0 Å². The Balaban J connectivity index is 2.43. The lowest BCUT2D eigenvalue weighted by Crippen LogP contribution is -2.09. The summed E-state index contributed by atoms with van der Waals surface area (Å²) in [4.78, 5) is 15.7. The number of nitrogens with one attached hydrogen (secondary N) is 1. The second-order valence-electron chi connectivity index (χ2n) is 4.80. The van der Waals surface area contributed by atoms with Gasteiger partial charge in [0.1, 0.15) is 0 Å². The van der Waals surface area contributed by atoms with Crippen LogP contribution in [0.1, 0.15) is 11.3 Å². The fourth-order valence-corrected chi connectivity index (χ4v) is 2.39. The Morgan fingerprint density at radius 2 is 1.63 bits per heavy atom. The molecule has 1 N–H and O–H groups in total. The third-order valence-electron chi connectivity index (χ3n) is 3.61. The van der Waals surface area contributed by atoms with Gasteiger partial charge in [0.2, 0.25) is 0 Å². The van der Waals surface area contributed by atoms with Crippen LogP contribution in [0.5, 0.6) is 0 Å². The Kier molecular flexibility index (Phi) is 2.71. The largest absolute Gasteiger partial charge is 0.358 e. The minimum atomic E-state index is 0.115. The zero-order valence-corrected chi connectivity index (χ0v) is 11.0. The van der Waals surface area contributed by atoms with Gasteiger partial charge in [-0.2, -0.15) is 0 Å². The molecule has 0 radical (unpaired) electrons. The second kappa shape index (κ2) is 4.39. The summed E-state index contributed by atoms with van der Waals surface area (Å²) < 4.78 is 0. The van der Waals surface area contributed by atoms with E-state index in [0.29, 0.717) is 0 Å². The Morgan fingerprint density at radius 3 is 2.37 bits per heavy atom. The van der Waals surface area contributed by atoms with E-state index in [1.807, 2.05) is 50.2 Å². The zero-order valence-electron chi connectivity index (χ0n) is 11.0. The van der Waals surface area contributed by atoms with Crippen LogP contribution in [0, 0.1) is 13.8 Å². The first-order chi connectivity index (χ1) is 9.18. The predicted molar refractivity (Wildman–Crippen MR) is 79.5 cm³/mol. The van der Waals surface area contributed by atoms with Gasteiger partial charge in [0.15, 0.2) is 5.43 Å². The van der Waals surface area contributed by atoms with Crippen LogP contribution in [0.25, 0.3) is 22.0 Å². The van der Waals surface area contributed by atoms with Gasteiger partial charge in [0, 0.05) is 22.2 Å². The van der Waals surface area contributed by atoms with Crippen molar-refractivity contribution < 1.29 is 0 Å². The van der Waals surface area contributed by atoms with E-state index in [1.54, 1.807) is 0 Å². The van der Waals surface area contributed by atoms with E-state index in [-0.39, 0.29) is 5.43 Å². The highest BCUT2D eigenvalue weighted by Gasteiger charge is 2.09. The average molecular weight is 249 g/mol. The summed E-state index contributed by atoms with van der Waals surface area (Å²) in [7, 11) is 0. The molecule has 2 aromatic carbocycles. The van der Waals surface area contributed by atoms with Gasteiger partial charge in [-0.05, 0) is 25.5 Å². The smallest absolute Gasteiger partial charge is 0.192 e. The standard InChI is InChI=1S/C17H15NO/c1-11-12(2)18-16-14(13-7-4-3-5-8-13)9-6-10-15(16)17(11)19/h3-10H,1-2H3,(H,18,19). The molecule has 0 aliphatic rings. The number of H-pyrrole nitrogens is 1. The molecule has 0 spiro atoms. The molecule has 94 valence electrons. The van der Waals surface area contributed by atoms with Gasteiger partial charge in [-0.3, -0.25) is 4.79 Å². The normalized spacial score (nSPS) is 10.8. The molecule has 0 aliphatic heterocycles. The van der Waals surface area contributed by atoms with Crippen LogP contribution in [-0.2, 0) is 0 Å². The van der Waals surface area contributed by atoms with Crippen LogP contribution in [0.15, 0.2) is 53.3 Å². The molecule has 2 heteroatoms. The van der Waals surface area contributed by atoms with E-state index in [9.17, 15) is 4.79 Å². The van der Waals surface area contributed by atoms with Crippen LogP contribution in [0.4, 0.5) is 0 Å². The highest BCUT2D eigenvalue weighted by molar-refractivity contribution is 5.93. The summed E-state index contributed by atoms with van der Waals surface area (Å²) in [5, 5.41) is 0.754. The highest BCUT2D eigenvalue weighted by atomic mass is 16.1. The van der Waals surface area contributed by atoms with Gasteiger partial charge in [-0.1, -0.05) is 42.5 Å². The topological polar surface area (TPSA) is 32.9 Å². The summed E-state index contributed by atoms with van der Waals surface area (Å²) >= 11 is 0. The first-order valence-electron chi connectivity index (χ1n) is 6.36. The van der Waals surface area contributed by atoms with E-state index < -0.39 is 0 Å². The molecule has 0 unspecified atom stereocenters. The third kappa shape index (κ3) is 1.85. The molecule has 0 amide bonds. The maximum atomic E-state index is 12.3. The van der Waals surface area contributed by atoms with Gasteiger partial charge in [-0.15, -0.1) is 0 Å². The van der Waals surface area contributed by atoms with Gasteiger partial charge < -0.3 is 4.98 Å². The average Bonchev–Trinajstić information content (AvgIpc) is 2.45. The first-order valence-corrected chi connectivity index (χ1v) is 6.36. The van der Waals surface area contributed by atoms with E-state index in [4.69, 9.17) is 0 Å². The lowest BCUT2D eigenvalue weighted by atomic mass is 10.0. The molecular weight excluding hydrogens is 234 g/mol. The van der Waals surface area contributed by atoms with Gasteiger partial charge in [0.05, 0.1) is 5.52 Å². The van der Waals surface area contributed by atoms with Gasteiger partial charge in [-0.25, -0.2) is 0 Å². The molecule has 0 aliphatic carbocycles. The summed E-state index contributed by atoms with van der Waals surface area (Å²) in [5.41, 5.74) is 4.94. The summed E-state index contributed by atoms with van der Waals surface area (Å²) in [6, 6.07) is 16.0. The number of para-hydroxylation sites is 1. The van der Waals surface area contributed by atoms with Crippen molar-refractivity contribution in [1.82, 2.24) is 4.98 Å². The number of rotatable bonds is 1. The molecule has 19 heavy (non-hydrogen) atoms. The van der Waals surface area contributed by atoms with E-state index >= 15 is 0 Å². The number of aromatic nitrogens is 1. The monoisotopic (exact) mass is 249 g/mol. The summed E-state index contributed by atoms with van der Waals surface area (Å²) in [6.07, 6.45) is 0. The number of fused-ring (bicyclic) bond motifs is 1. The molecular formula is C17H15NO. The van der Waals surface area contributed by atoms with Gasteiger partial charge >= 0.3 is 0 Å². The quantitative estimate of drug-likeness (QED) is 0.699. The number of benzene rings is 2. The number of aromatic amines is 1. The van der Waals surface area contributed by atoms with Crippen molar-refractivity contribution in [3.05, 3.63) is 70.0 Å². The number of aryl methyl sites for hydroxylation is 1. The fraction of sp³-hybridized carbons (Fsp3) is 0.118. The molecule has 3 aromatic rings. The van der Waals surface area contributed by atoms with Crippen LogP contribution >= 0.6 is 0 Å². The van der Waals surface area contributed by atoms with Crippen molar-refractivity contribution in [3.8, 4) is 11.1 Å². The molecule has 0 saturated heterocycles. The van der Waals surface area contributed by atoms with Crippen molar-refractivity contribution in [1.29, 1.82) is 0 Å². The number of hydrogen-bond acceptors (Lipinski definition) is 1. The van der Waals surface area contributed by atoms with E-state index in [0.717, 1.165) is 33.3 Å². The fourth-order valence-electron chi connectivity index (χ4n) is 2.39. The predicted octanol–water partition coefficient (Wildman–Crippen LogP) is 3.81. The highest BCUT2D eigenvalue weighted by Crippen LogP contribution is 2.26. The second-order valence-corrected chi connectivity index (χ2v) is 4.80. The molecule has 0 fully saturated rings. The van der Waals surface area contributed by atoms with Crippen molar-refractivity contribution in [3.63, 3.8) is 0 Å². The molecule has 0 atom stereocenters. The molecule has 1 aromatic heterocycles. The van der Waals surface area contributed by atoms with Crippen molar-refractivity contribution in [2.45, 2.75) is 13.8 Å². The van der Waals surface area contributed by atoms with E-state index in [2.05, 4.69) is 17.1 Å². The molecule has 3 rings (SSSR count). The maximum Gasteiger partial charge on any atom is 0.192 e. The SMILES string of the molecule is Cc1[nH]c2c(-c3ccccc3)cccc2c(=O)c1C. The zero-order chi connectivity index (χ0) is 13.4. The van der Waals surface area contributed by atoms with Crippen LogP contribution in [0.2, 0.25) is 0 Å². The van der Waals surface area contributed by atoms with Crippen LogP contribution < -0.4 is 5.43 Å². The van der Waals surface area contributed by atoms with Crippen molar-refractivity contribution in [2.24, 2.45) is 0 Å². The Hall–Kier alpha value is -2.35. The van der Waals surface area contributed by atoms with E-state index in [1.165, 1.54) is 0 Å². The lowest BCUT2D eigenvalue weighted by molar-refractivity contribution is 1.18. The minimum Gasteiger partial charge on any atom is -0.358 e. The van der Waals surface area contributed by atoms with Crippen LogP contribution in [0.3, 0.4) is 0 Å². The molecule has 2 nitrogen and oxygen atoms in total. The third-order valence-corrected chi connectivity index (χ3v) is 3.61. The minimum absolute atomic E-state index is 0.115. The Bertz CT molecular complexity index is 801. The van der Waals surface area contributed by atoms with Crippen LogP contribution in [-0.4, -0.2) is 4.98 Å². The molecule has 1 heterocycles. The maximum absolute atomic E-state index is 12.3. The van der Waals surface area contributed by atoms with Gasteiger partial charge in [0.25, 0.3) is 0 Å². The summed E-state index contributed by atoms with van der Waals surface area (Å²) in [6.45, 7) is 3.81. The number of hydrogen-bond donors (Lipinski definition) is 1. The lowest BCUT2D eigenvalue weighted by Gasteiger charge is -2.09.